The van der Waals surface area contributed by atoms with Crippen LogP contribution < -0.4 is 0 Å². The second kappa shape index (κ2) is 1.32. The van der Waals surface area contributed by atoms with Crippen LogP contribution in [0.2, 0.25) is 0 Å². The summed E-state index contributed by atoms with van der Waals surface area (Å²) < 4.78 is 0. The molecule has 1 saturated carbocycles. The quantitative estimate of drug-likeness (QED) is 0.342. The van der Waals surface area contributed by atoms with Crippen molar-refractivity contribution in [3.05, 3.63) is 12.2 Å². The first kappa shape index (κ1) is 4.91. The smallest absolute Gasteiger partial charge is 0.206 e. The second-order valence-electron chi connectivity index (χ2n) is 2.52. The Balaban J connectivity index is 2.31. The molecule has 2 rings (SSSR count). The molecule has 0 aromatic rings. The van der Waals surface area contributed by atoms with Crippen LogP contribution in [-0.4, -0.2) is 11.6 Å². The van der Waals surface area contributed by atoms with Gasteiger partial charge in [-0.1, -0.05) is 12.2 Å². The number of rotatable bonds is 0. The van der Waals surface area contributed by atoms with Crippen molar-refractivity contribution in [2.45, 2.75) is 6.42 Å². The number of hydrogen-bond donors (Lipinski definition) is 0. The molecule has 0 saturated heterocycles. The van der Waals surface area contributed by atoms with Gasteiger partial charge in [0.25, 0.3) is 0 Å². The Hall–Kier alpha value is -0.920. The van der Waals surface area contributed by atoms with Crippen LogP contribution in [0.1, 0.15) is 6.42 Å². The van der Waals surface area contributed by atoms with E-state index in [1.807, 2.05) is 12.2 Å². The number of carbonyl (C=O) groups excluding carboxylic acids is 2. The zero-order valence-electron chi connectivity index (χ0n) is 4.83. The molecule has 2 aliphatic carbocycles. The molecule has 2 aliphatic rings. The number of allylic oxidation sites excluding steroid dienone is 2. The molecule has 2 heteroatoms. The lowest BCUT2D eigenvalue weighted by molar-refractivity contribution is -0.149. The van der Waals surface area contributed by atoms with Crippen molar-refractivity contribution in [3.63, 3.8) is 0 Å². The van der Waals surface area contributed by atoms with Gasteiger partial charge in [-0.05, 0) is 6.42 Å². The Bertz CT molecular complexity index is 215. The lowest BCUT2D eigenvalue weighted by Gasteiger charge is -2.25. The van der Waals surface area contributed by atoms with Gasteiger partial charge in [0.2, 0.25) is 11.6 Å². The van der Waals surface area contributed by atoms with Gasteiger partial charge < -0.3 is 0 Å². The summed E-state index contributed by atoms with van der Waals surface area (Å²) in [5.41, 5.74) is 0. The van der Waals surface area contributed by atoms with Crippen molar-refractivity contribution in [2.75, 3.05) is 0 Å². The molecule has 0 aromatic heterocycles. The molecular formula is C7H6O2. The Labute approximate surface area is 52.6 Å². The molecule has 0 radical (unpaired) electrons. The maximum Gasteiger partial charge on any atom is 0.206 e. The van der Waals surface area contributed by atoms with Gasteiger partial charge in [-0.25, -0.2) is 0 Å². The molecule has 0 heterocycles. The Morgan fingerprint density at radius 3 is 2.78 bits per heavy atom. The number of Topliss-reactive ketones (excluding diaryl/α,β-unsaturated/α-hetero) is 2. The topological polar surface area (TPSA) is 34.1 Å². The van der Waals surface area contributed by atoms with Crippen molar-refractivity contribution in [2.24, 2.45) is 11.8 Å². The Morgan fingerprint density at radius 1 is 1.33 bits per heavy atom. The Morgan fingerprint density at radius 2 is 2.11 bits per heavy atom. The van der Waals surface area contributed by atoms with Gasteiger partial charge in [-0.3, -0.25) is 9.59 Å². The maximum absolute atomic E-state index is 10.7. The van der Waals surface area contributed by atoms with Gasteiger partial charge in [-0.15, -0.1) is 0 Å². The maximum atomic E-state index is 10.7. The fourth-order valence-corrected chi connectivity index (χ4v) is 1.44. The highest BCUT2D eigenvalue weighted by molar-refractivity contribution is 6.46. The summed E-state index contributed by atoms with van der Waals surface area (Å²) >= 11 is 0. The van der Waals surface area contributed by atoms with Gasteiger partial charge >= 0.3 is 0 Å². The van der Waals surface area contributed by atoms with Crippen LogP contribution >= 0.6 is 0 Å². The van der Waals surface area contributed by atoms with Crippen LogP contribution in [0, 0.1) is 11.8 Å². The average Bonchev–Trinajstić information content (AvgIpc) is 2.30. The van der Waals surface area contributed by atoms with Crippen molar-refractivity contribution in [1.82, 2.24) is 0 Å². The number of hydrogen-bond acceptors (Lipinski definition) is 2. The van der Waals surface area contributed by atoms with Crippen molar-refractivity contribution in [1.29, 1.82) is 0 Å². The summed E-state index contributed by atoms with van der Waals surface area (Å²) in [6.07, 6.45) is 4.54. The summed E-state index contributed by atoms with van der Waals surface area (Å²) in [7, 11) is 0. The van der Waals surface area contributed by atoms with Crippen LogP contribution in [0.25, 0.3) is 0 Å². The highest BCUT2D eigenvalue weighted by atomic mass is 16.2. The van der Waals surface area contributed by atoms with Gasteiger partial charge in [0.15, 0.2) is 0 Å². The lowest BCUT2D eigenvalue weighted by atomic mass is 9.73. The molecule has 0 bridgehead atoms. The van der Waals surface area contributed by atoms with E-state index in [0.29, 0.717) is 0 Å². The van der Waals surface area contributed by atoms with Crippen molar-refractivity contribution >= 4 is 11.6 Å². The summed E-state index contributed by atoms with van der Waals surface area (Å²) in [6.45, 7) is 0. The van der Waals surface area contributed by atoms with E-state index in [2.05, 4.69) is 0 Å². The fourth-order valence-electron chi connectivity index (χ4n) is 1.44. The highest BCUT2D eigenvalue weighted by Gasteiger charge is 2.48. The minimum atomic E-state index is -0.186. The first-order chi connectivity index (χ1) is 4.30. The second-order valence-corrected chi connectivity index (χ2v) is 2.52. The third-order valence-corrected chi connectivity index (χ3v) is 2.05. The van der Waals surface area contributed by atoms with E-state index >= 15 is 0 Å². The van der Waals surface area contributed by atoms with E-state index in [9.17, 15) is 9.59 Å². The molecule has 0 N–H and O–H groups in total. The predicted molar refractivity (Wildman–Crippen MR) is 30.8 cm³/mol. The standard InChI is InChI=1S/C7H6O2/c8-6-4-2-1-3-5(4)7(6)9/h1-2,4-5H,3H2. The molecule has 2 nitrogen and oxygen atoms in total. The van der Waals surface area contributed by atoms with Crippen LogP contribution in [-0.2, 0) is 9.59 Å². The molecule has 2 unspecified atom stereocenters. The monoisotopic (exact) mass is 122 g/mol. The van der Waals surface area contributed by atoms with Crippen molar-refractivity contribution in [3.8, 4) is 0 Å². The molecule has 0 aliphatic heterocycles. The molecule has 46 valence electrons. The van der Waals surface area contributed by atoms with E-state index in [-0.39, 0.29) is 23.4 Å². The predicted octanol–water partition coefficient (Wildman–Crippen LogP) is 0.330. The summed E-state index contributed by atoms with van der Waals surface area (Å²) in [5.74, 6) is -0.339. The molecule has 0 amide bonds. The largest absolute Gasteiger partial charge is 0.291 e. The molecule has 9 heavy (non-hydrogen) atoms. The minimum absolute atomic E-state index is 0.0301. The summed E-state index contributed by atoms with van der Waals surface area (Å²) in [5, 5.41) is 0. The fraction of sp³-hybridized carbons (Fsp3) is 0.429. The van der Waals surface area contributed by atoms with Gasteiger partial charge in [-0.2, -0.15) is 0 Å². The molecule has 2 atom stereocenters. The third-order valence-electron chi connectivity index (χ3n) is 2.05. The van der Waals surface area contributed by atoms with E-state index in [1.54, 1.807) is 0 Å². The number of fused-ring (bicyclic) bond motifs is 1. The van der Waals surface area contributed by atoms with Crippen LogP contribution in [0.15, 0.2) is 12.2 Å². The van der Waals surface area contributed by atoms with E-state index in [4.69, 9.17) is 0 Å². The number of ketones is 2. The molecular weight excluding hydrogens is 116 g/mol. The summed E-state index contributed by atoms with van der Waals surface area (Å²) in [4.78, 5) is 21.3. The SMILES string of the molecule is O=C1C(=O)C2CC=CC12. The summed E-state index contributed by atoms with van der Waals surface area (Å²) in [6, 6.07) is 0. The van der Waals surface area contributed by atoms with Gasteiger partial charge in [0.05, 0.1) is 5.92 Å². The van der Waals surface area contributed by atoms with Crippen LogP contribution in [0.5, 0.6) is 0 Å². The highest BCUT2D eigenvalue weighted by Crippen LogP contribution is 2.36. The van der Waals surface area contributed by atoms with E-state index in [0.717, 1.165) is 6.42 Å². The normalized spacial score (nSPS) is 38.7. The third kappa shape index (κ3) is 0.411. The minimum Gasteiger partial charge on any atom is -0.291 e. The zero-order valence-corrected chi connectivity index (χ0v) is 4.83. The number of carbonyl (C=O) groups is 2. The van der Waals surface area contributed by atoms with Crippen LogP contribution in [0.3, 0.4) is 0 Å². The molecule has 1 fully saturated rings. The van der Waals surface area contributed by atoms with Crippen molar-refractivity contribution < 1.29 is 9.59 Å². The first-order valence-electron chi connectivity index (χ1n) is 3.05. The van der Waals surface area contributed by atoms with Crippen LogP contribution in [0.4, 0.5) is 0 Å². The van der Waals surface area contributed by atoms with E-state index < -0.39 is 0 Å². The molecule has 0 aromatic carbocycles. The lowest BCUT2D eigenvalue weighted by Crippen LogP contribution is -2.44. The molecule has 0 spiro atoms. The van der Waals surface area contributed by atoms with Gasteiger partial charge in [0.1, 0.15) is 0 Å². The Kier molecular flexibility index (Phi) is 0.721. The first-order valence-corrected chi connectivity index (χ1v) is 3.05. The average molecular weight is 122 g/mol. The zero-order chi connectivity index (χ0) is 6.43. The van der Waals surface area contributed by atoms with E-state index in [1.165, 1.54) is 0 Å². The van der Waals surface area contributed by atoms with Gasteiger partial charge in [0, 0.05) is 5.92 Å².